The Morgan fingerprint density at radius 2 is 2.18 bits per heavy atom. The molecular weight excluding hydrogens is 304 g/mol. The van der Waals surface area contributed by atoms with Crippen LogP contribution >= 0.6 is 11.8 Å². The molecule has 1 aromatic rings. The van der Waals surface area contributed by atoms with E-state index in [1.54, 1.807) is 9.80 Å². The molecule has 0 spiro atoms. The third-order valence-corrected chi connectivity index (χ3v) is 4.61. The van der Waals surface area contributed by atoms with Crippen molar-refractivity contribution in [1.82, 2.24) is 9.80 Å². The van der Waals surface area contributed by atoms with Crippen molar-refractivity contribution in [2.75, 3.05) is 32.2 Å². The molecule has 2 heterocycles. The first-order valence-corrected chi connectivity index (χ1v) is 8.24. The van der Waals surface area contributed by atoms with Gasteiger partial charge in [-0.3, -0.25) is 9.59 Å². The van der Waals surface area contributed by atoms with Crippen LogP contribution in [0.3, 0.4) is 0 Å². The fourth-order valence-corrected chi connectivity index (χ4v) is 3.29. The maximum Gasteiger partial charge on any atom is 0.282 e. The molecule has 0 saturated carbocycles. The summed E-state index contributed by atoms with van der Waals surface area (Å²) < 4.78 is 10.6. The smallest absolute Gasteiger partial charge is 0.282 e. The third-order valence-electron chi connectivity index (χ3n) is 3.72. The molecular formula is C15H18N2O4S. The summed E-state index contributed by atoms with van der Waals surface area (Å²) in [6.45, 7) is 4.08. The van der Waals surface area contributed by atoms with Gasteiger partial charge in [-0.2, -0.15) is 0 Å². The van der Waals surface area contributed by atoms with Gasteiger partial charge in [-0.05, 0) is 24.6 Å². The number of hydrogen-bond acceptors (Lipinski definition) is 5. The zero-order chi connectivity index (χ0) is 15.5. The van der Waals surface area contributed by atoms with E-state index < -0.39 is 0 Å². The molecule has 1 saturated heterocycles. The fourth-order valence-electron chi connectivity index (χ4n) is 2.47. The lowest BCUT2D eigenvalue weighted by atomic mass is 10.2. The van der Waals surface area contributed by atoms with Gasteiger partial charge in [-0.25, -0.2) is 0 Å². The lowest BCUT2D eigenvalue weighted by molar-refractivity contribution is -0.132. The predicted octanol–water partition coefficient (Wildman–Crippen LogP) is 1.93. The molecule has 1 aromatic carbocycles. The highest BCUT2D eigenvalue weighted by Crippen LogP contribution is 2.32. The van der Waals surface area contributed by atoms with E-state index in [9.17, 15) is 9.59 Å². The second-order valence-corrected chi connectivity index (χ2v) is 6.18. The average Bonchev–Trinajstić information content (AvgIpc) is 3.13. The van der Waals surface area contributed by atoms with E-state index in [2.05, 4.69) is 0 Å². The molecule has 0 bridgehead atoms. The number of fused-ring (bicyclic) bond motifs is 1. The zero-order valence-corrected chi connectivity index (χ0v) is 13.2. The summed E-state index contributed by atoms with van der Waals surface area (Å²) in [6, 6.07) is 5.69. The van der Waals surface area contributed by atoms with E-state index in [0.29, 0.717) is 25.4 Å². The Balaban J connectivity index is 1.63. The summed E-state index contributed by atoms with van der Waals surface area (Å²) in [7, 11) is 0. The highest BCUT2D eigenvalue weighted by Gasteiger charge is 2.25. The van der Waals surface area contributed by atoms with Crippen LogP contribution in [-0.4, -0.2) is 53.1 Å². The maximum absolute atomic E-state index is 12.4. The molecule has 0 aromatic heterocycles. The average molecular weight is 322 g/mol. The van der Waals surface area contributed by atoms with Crippen molar-refractivity contribution < 1.29 is 19.1 Å². The van der Waals surface area contributed by atoms with Crippen LogP contribution in [0, 0.1) is 0 Å². The lowest BCUT2D eigenvalue weighted by Crippen LogP contribution is -2.40. The number of thioether (sulfide) groups is 1. The molecule has 0 atom stereocenters. The first kappa shape index (κ1) is 15.0. The SMILES string of the molecule is CCN(Cc1ccc2c(c1)OCO2)C(=O)CN1CCSC1=O. The van der Waals surface area contributed by atoms with Crippen molar-refractivity contribution in [2.45, 2.75) is 13.5 Å². The first-order chi connectivity index (χ1) is 10.7. The van der Waals surface area contributed by atoms with Gasteiger partial charge in [0.15, 0.2) is 11.5 Å². The van der Waals surface area contributed by atoms with Gasteiger partial charge in [0.05, 0.1) is 0 Å². The molecule has 22 heavy (non-hydrogen) atoms. The van der Waals surface area contributed by atoms with E-state index in [4.69, 9.17) is 9.47 Å². The topological polar surface area (TPSA) is 59.1 Å². The molecule has 0 unspecified atom stereocenters. The van der Waals surface area contributed by atoms with Crippen molar-refractivity contribution in [3.63, 3.8) is 0 Å². The molecule has 2 amide bonds. The first-order valence-electron chi connectivity index (χ1n) is 7.25. The van der Waals surface area contributed by atoms with Gasteiger partial charge in [0, 0.05) is 25.4 Å². The number of nitrogens with zero attached hydrogens (tertiary/aromatic N) is 2. The molecule has 7 heteroatoms. The minimum Gasteiger partial charge on any atom is -0.454 e. The van der Waals surface area contributed by atoms with Crippen LogP contribution in [0.25, 0.3) is 0 Å². The van der Waals surface area contributed by atoms with E-state index in [-0.39, 0.29) is 24.5 Å². The number of amides is 2. The monoisotopic (exact) mass is 322 g/mol. The highest BCUT2D eigenvalue weighted by molar-refractivity contribution is 8.13. The minimum atomic E-state index is -0.0315. The van der Waals surface area contributed by atoms with Gasteiger partial charge in [0.1, 0.15) is 6.54 Å². The van der Waals surface area contributed by atoms with Crippen LogP contribution in [0.1, 0.15) is 12.5 Å². The lowest BCUT2D eigenvalue weighted by Gasteiger charge is -2.24. The standard InChI is InChI=1S/C15H18N2O4S/c1-2-16(14(18)9-17-5-6-22-15(17)19)8-11-3-4-12-13(7-11)21-10-20-12/h3-4,7H,2,5-6,8-10H2,1H3. The predicted molar refractivity (Wildman–Crippen MR) is 83.1 cm³/mol. The van der Waals surface area contributed by atoms with Crippen molar-refractivity contribution in [3.8, 4) is 11.5 Å². The second kappa shape index (κ2) is 6.48. The Labute approximate surface area is 133 Å². The summed E-state index contributed by atoms with van der Waals surface area (Å²) in [6.07, 6.45) is 0. The van der Waals surface area contributed by atoms with E-state index >= 15 is 0 Å². The Kier molecular flexibility index (Phi) is 4.42. The summed E-state index contributed by atoms with van der Waals surface area (Å²) in [5, 5.41) is -0.00696. The molecule has 118 valence electrons. The van der Waals surface area contributed by atoms with Crippen LogP contribution in [0.15, 0.2) is 18.2 Å². The van der Waals surface area contributed by atoms with Gasteiger partial charge in [-0.1, -0.05) is 17.8 Å². The summed E-state index contributed by atoms with van der Waals surface area (Å²) in [5.74, 6) is 2.18. The maximum atomic E-state index is 12.4. The van der Waals surface area contributed by atoms with Gasteiger partial charge < -0.3 is 19.3 Å². The molecule has 0 aliphatic carbocycles. The van der Waals surface area contributed by atoms with E-state index in [1.165, 1.54) is 11.8 Å². The van der Waals surface area contributed by atoms with Gasteiger partial charge in [0.2, 0.25) is 12.7 Å². The molecule has 2 aliphatic heterocycles. The molecule has 3 rings (SSSR count). The second-order valence-electron chi connectivity index (χ2n) is 5.13. The quantitative estimate of drug-likeness (QED) is 0.829. The molecule has 0 N–H and O–H groups in total. The largest absolute Gasteiger partial charge is 0.454 e. The number of carbonyl (C=O) groups excluding carboxylic acids is 2. The number of rotatable bonds is 5. The minimum absolute atomic E-state index is 0.00696. The van der Waals surface area contributed by atoms with E-state index in [1.807, 2.05) is 25.1 Å². The van der Waals surface area contributed by atoms with Crippen molar-refractivity contribution in [1.29, 1.82) is 0 Å². The van der Waals surface area contributed by atoms with E-state index in [0.717, 1.165) is 17.1 Å². The number of likely N-dealkylation sites (N-methyl/N-ethyl adjacent to an activating group) is 1. The van der Waals surface area contributed by atoms with Crippen LogP contribution in [-0.2, 0) is 11.3 Å². The normalized spacial score (nSPS) is 16.2. The van der Waals surface area contributed by atoms with Crippen molar-refractivity contribution >= 4 is 22.9 Å². The Morgan fingerprint density at radius 3 is 2.91 bits per heavy atom. The molecule has 2 aliphatic rings. The summed E-state index contributed by atoms with van der Waals surface area (Å²) in [5.41, 5.74) is 0.988. The fraction of sp³-hybridized carbons (Fsp3) is 0.467. The summed E-state index contributed by atoms with van der Waals surface area (Å²) in [4.78, 5) is 27.3. The zero-order valence-electron chi connectivity index (χ0n) is 12.4. The van der Waals surface area contributed by atoms with Crippen molar-refractivity contribution in [3.05, 3.63) is 23.8 Å². The van der Waals surface area contributed by atoms with Crippen LogP contribution in [0.2, 0.25) is 0 Å². The number of carbonyl (C=O) groups is 2. The Bertz CT molecular complexity index is 593. The molecule has 1 fully saturated rings. The van der Waals surface area contributed by atoms with Gasteiger partial charge in [-0.15, -0.1) is 0 Å². The summed E-state index contributed by atoms with van der Waals surface area (Å²) >= 11 is 1.27. The highest BCUT2D eigenvalue weighted by atomic mass is 32.2. The van der Waals surface area contributed by atoms with Crippen LogP contribution in [0.5, 0.6) is 11.5 Å². The Hall–Kier alpha value is -1.89. The van der Waals surface area contributed by atoms with Gasteiger partial charge >= 0.3 is 0 Å². The van der Waals surface area contributed by atoms with Crippen molar-refractivity contribution in [2.24, 2.45) is 0 Å². The number of hydrogen-bond donors (Lipinski definition) is 0. The molecule has 0 radical (unpaired) electrons. The van der Waals surface area contributed by atoms with Crippen LogP contribution < -0.4 is 9.47 Å². The van der Waals surface area contributed by atoms with Crippen LogP contribution in [0.4, 0.5) is 4.79 Å². The number of benzene rings is 1. The van der Waals surface area contributed by atoms with Gasteiger partial charge in [0.25, 0.3) is 5.24 Å². The Morgan fingerprint density at radius 1 is 1.36 bits per heavy atom. The third kappa shape index (κ3) is 3.14. The number of ether oxygens (including phenoxy) is 2. The molecule has 6 nitrogen and oxygen atoms in total.